The van der Waals surface area contributed by atoms with Gasteiger partial charge in [-0.1, -0.05) is 146 Å². The molecule has 0 radical (unpaired) electrons. The molecule has 0 bridgehead atoms. The molecule has 4 fully saturated rings. The lowest BCUT2D eigenvalue weighted by Gasteiger charge is -2.35. The van der Waals surface area contributed by atoms with Crippen molar-refractivity contribution in [2.75, 3.05) is 31.3 Å². The Bertz CT molecular complexity index is 2370. The van der Waals surface area contributed by atoms with Crippen molar-refractivity contribution in [1.82, 2.24) is 40.7 Å². The number of ether oxygens (including phenoxy) is 2. The molecule has 2 aromatic carbocycles. The maximum absolute atomic E-state index is 14.5. The zero-order valence-corrected chi connectivity index (χ0v) is 47.3. The second-order valence-electron chi connectivity index (χ2n) is 21.8. The first-order valence-corrected chi connectivity index (χ1v) is 29.3. The molecule has 0 saturated carbocycles. The molecule has 3 aromatic rings. The molecule has 5 heterocycles. The number of amides is 4. The van der Waals surface area contributed by atoms with Crippen molar-refractivity contribution in [3.8, 4) is 0 Å². The molecule has 4 aliphatic heterocycles. The van der Waals surface area contributed by atoms with Crippen LogP contribution in [0, 0.1) is 28.6 Å². The van der Waals surface area contributed by atoms with Gasteiger partial charge >= 0.3 is 0 Å². The van der Waals surface area contributed by atoms with E-state index in [1.807, 2.05) is 76.7 Å². The molecule has 398 valence electrons. The second kappa shape index (κ2) is 25.7. The quantitative estimate of drug-likeness (QED) is 0.0611. The molecule has 0 aliphatic carbocycles. The molecule has 4 saturated heterocycles. The van der Waals surface area contributed by atoms with Gasteiger partial charge in [0.1, 0.15) is 23.8 Å². The number of thioether (sulfide) groups is 2. The Labute approximate surface area is 452 Å². The third-order valence-corrected chi connectivity index (χ3v) is 18.9. The van der Waals surface area contributed by atoms with E-state index in [4.69, 9.17) is 33.9 Å². The number of rotatable bonds is 23. The van der Waals surface area contributed by atoms with E-state index in [1.54, 1.807) is 28.2 Å². The lowest BCUT2D eigenvalue weighted by Crippen LogP contribution is -2.57. The van der Waals surface area contributed by atoms with Crippen LogP contribution in [0.1, 0.15) is 136 Å². The number of nitrogens with one attached hydrogen (secondary N) is 3. The minimum absolute atomic E-state index is 0.0425. The molecule has 73 heavy (non-hydrogen) atoms. The van der Waals surface area contributed by atoms with Crippen molar-refractivity contribution in [2.45, 2.75) is 161 Å². The summed E-state index contributed by atoms with van der Waals surface area (Å²) in [5.41, 5.74) is 1.59. The Morgan fingerprint density at radius 3 is 1.86 bits per heavy atom. The number of carbonyl (C=O) groups excluding carboxylic acids is 4. The predicted molar refractivity (Wildman–Crippen MR) is 299 cm³/mol. The summed E-state index contributed by atoms with van der Waals surface area (Å²) in [5.74, 6) is 1.47. The zero-order chi connectivity index (χ0) is 52.5. The summed E-state index contributed by atoms with van der Waals surface area (Å²) >= 11 is 15.0. The molecule has 0 spiro atoms. The van der Waals surface area contributed by atoms with Crippen LogP contribution in [0.2, 0.25) is 0 Å². The van der Waals surface area contributed by atoms with Gasteiger partial charge in [0.25, 0.3) is 0 Å². The summed E-state index contributed by atoms with van der Waals surface area (Å²) in [5, 5.41) is 18.5. The van der Waals surface area contributed by atoms with Crippen LogP contribution in [-0.4, -0.2) is 118 Å². The molecule has 3 N–H and O–H groups in total. The van der Waals surface area contributed by atoms with E-state index in [-0.39, 0.29) is 72.0 Å². The SMILES string of the molecule is CC[C@@H](C)C(=S)C[C@H]1CCS[C@H]2CC(C)(C)[C@@H](C(=O)N[C@H](COCCCn3cc(COC[C@@H](NC(=O)[C@H]4N5C(=O)[C@@H](NC(=S)[C@H](C)CC)CCS[C@H]5CC4(C)C)c4ccccc4)nn3)c3ccccc3)N2C1=O. The van der Waals surface area contributed by atoms with E-state index in [1.165, 1.54) is 0 Å². The molecule has 4 aliphatic rings. The number of hydrogen-bond donors (Lipinski definition) is 3. The highest BCUT2D eigenvalue weighted by atomic mass is 32.2. The van der Waals surface area contributed by atoms with Gasteiger partial charge in [0.2, 0.25) is 23.6 Å². The third-order valence-electron chi connectivity index (χ3n) is 15.3. The van der Waals surface area contributed by atoms with Crippen molar-refractivity contribution < 1.29 is 28.7 Å². The Morgan fingerprint density at radius 1 is 0.767 bits per heavy atom. The van der Waals surface area contributed by atoms with E-state index in [9.17, 15) is 19.2 Å². The highest BCUT2D eigenvalue weighted by molar-refractivity contribution is 8.00. The molecule has 18 heteroatoms. The van der Waals surface area contributed by atoms with Crippen LogP contribution in [0.15, 0.2) is 66.9 Å². The molecule has 4 amide bonds. The van der Waals surface area contributed by atoms with Crippen LogP contribution in [-0.2, 0) is 41.8 Å². The molecule has 1 aromatic heterocycles. The van der Waals surface area contributed by atoms with E-state index in [0.29, 0.717) is 49.5 Å². The first-order chi connectivity index (χ1) is 34.9. The number of carbonyl (C=O) groups is 4. The Kier molecular flexibility index (Phi) is 20.0. The number of thiocarbonyl (C=S) groups is 2. The number of fused-ring (bicyclic) bond motifs is 2. The smallest absolute Gasteiger partial charge is 0.246 e. The fourth-order valence-electron chi connectivity index (χ4n) is 10.6. The first-order valence-electron chi connectivity index (χ1n) is 26.4. The van der Waals surface area contributed by atoms with Gasteiger partial charge in [-0.3, -0.25) is 23.9 Å². The van der Waals surface area contributed by atoms with Crippen LogP contribution in [0.3, 0.4) is 0 Å². The minimum Gasteiger partial charge on any atom is -0.379 e. The summed E-state index contributed by atoms with van der Waals surface area (Å²) in [6, 6.07) is 16.9. The Morgan fingerprint density at radius 2 is 1.30 bits per heavy atom. The van der Waals surface area contributed by atoms with E-state index < -0.39 is 41.0 Å². The maximum Gasteiger partial charge on any atom is 0.246 e. The monoisotopic (exact) mass is 1070 g/mol. The largest absolute Gasteiger partial charge is 0.379 e. The molecule has 14 nitrogen and oxygen atoms in total. The standard InChI is InChI=1S/C55H78N8O6S4/c1-9-35(3)44(70)28-39-22-26-72-45-29-54(5,6)47(62(45)52(39)66)49(64)56-42(37-18-13-11-14-19-37)33-68-25-17-24-61-31-40(59-60-61)32-69-34-43(38-20-15-12-16-21-38)57-50(65)48-55(7,8)30-46-63(48)53(67)41(23-27-73-46)58-51(71)36(4)10-2/h11-16,18-21,31,35-36,39,41-43,45-48H,9-10,17,22-30,32-34H2,1-8H3,(H,56,64)(H,57,65)(H,58,71)/t35-,36-,39-,41+,42-,43-,45+,46+,47-,48-/m1/s1. The van der Waals surface area contributed by atoms with Crippen molar-refractivity contribution >= 4 is 81.4 Å². The van der Waals surface area contributed by atoms with Gasteiger partial charge in [-0.2, -0.15) is 0 Å². The van der Waals surface area contributed by atoms with Crippen molar-refractivity contribution in [1.29, 1.82) is 0 Å². The molecule has 0 unspecified atom stereocenters. The van der Waals surface area contributed by atoms with Gasteiger partial charge in [0, 0.05) is 25.0 Å². The summed E-state index contributed by atoms with van der Waals surface area (Å²) in [7, 11) is 0. The number of aryl methyl sites for hydroxylation is 1. The highest BCUT2D eigenvalue weighted by Crippen LogP contribution is 2.48. The van der Waals surface area contributed by atoms with Gasteiger partial charge in [-0.15, -0.1) is 28.6 Å². The topological polar surface area (TPSA) is 160 Å². The van der Waals surface area contributed by atoms with E-state index in [2.05, 4.69) is 81.7 Å². The maximum atomic E-state index is 14.5. The van der Waals surface area contributed by atoms with Crippen molar-refractivity contribution in [2.24, 2.45) is 28.6 Å². The Hall–Kier alpha value is -3.94. The molecule has 10 atom stereocenters. The number of nitrogens with zero attached hydrogens (tertiary/aromatic N) is 5. The van der Waals surface area contributed by atoms with Gasteiger partial charge in [-0.05, 0) is 95.6 Å². The second-order valence-corrected chi connectivity index (χ2v) is 25.4. The average molecular weight is 1080 g/mol. The Balaban J connectivity index is 0.920. The summed E-state index contributed by atoms with van der Waals surface area (Å²) < 4.78 is 14.3. The molecular formula is C55H78N8O6S4. The van der Waals surface area contributed by atoms with Crippen LogP contribution >= 0.6 is 48.0 Å². The average Bonchev–Trinajstić information content (AvgIpc) is 3.96. The number of benzene rings is 2. The van der Waals surface area contributed by atoms with E-state index >= 15 is 0 Å². The minimum atomic E-state index is -0.670. The van der Waals surface area contributed by atoms with Gasteiger partial charge in [0.05, 0.1) is 53.8 Å². The third kappa shape index (κ3) is 14.1. The molecular weight excluding hydrogens is 997 g/mol. The summed E-state index contributed by atoms with van der Waals surface area (Å²) in [6.45, 7) is 18.3. The summed E-state index contributed by atoms with van der Waals surface area (Å²) in [6.07, 6.45) is 7.78. The van der Waals surface area contributed by atoms with Crippen LogP contribution < -0.4 is 16.0 Å². The first kappa shape index (κ1) is 56.8. The highest BCUT2D eigenvalue weighted by Gasteiger charge is 2.56. The zero-order valence-electron chi connectivity index (χ0n) is 44.0. The van der Waals surface area contributed by atoms with Crippen LogP contribution in [0.5, 0.6) is 0 Å². The van der Waals surface area contributed by atoms with Gasteiger partial charge in [0.15, 0.2) is 0 Å². The summed E-state index contributed by atoms with van der Waals surface area (Å²) in [4.78, 5) is 62.9. The fraction of sp³-hybridized carbons (Fsp3) is 0.636. The van der Waals surface area contributed by atoms with Gasteiger partial charge in [-0.25, -0.2) is 0 Å². The predicted octanol–water partition coefficient (Wildman–Crippen LogP) is 8.85. The van der Waals surface area contributed by atoms with Crippen molar-refractivity contribution in [3.05, 3.63) is 83.7 Å². The normalized spacial score (nSPS) is 25.1. The fourth-order valence-corrected chi connectivity index (χ4v) is 14.5. The number of hydrogen-bond acceptors (Lipinski definition) is 12. The number of aromatic nitrogens is 3. The van der Waals surface area contributed by atoms with Crippen molar-refractivity contribution in [3.63, 3.8) is 0 Å². The van der Waals surface area contributed by atoms with Gasteiger partial charge < -0.3 is 35.2 Å². The van der Waals surface area contributed by atoms with E-state index in [0.717, 1.165) is 53.2 Å². The lowest BCUT2D eigenvalue weighted by atomic mass is 9.83. The van der Waals surface area contributed by atoms with Crippen LogP contribution in [0.4, 0.5) is 0 Å². The lowest BCUT2D eigenvalue weighted by molar-refractivity contribution is -0.144. The molecule has 7 rings (SSSR count). The van der Waals surface area contributed by atoms with Crippen LogP contribution in [0.25, 0.3) is 0 Å².